The largest absolute Gasteiger partial charge is 0.351 e. The van der Waals surface area contributed by atoms with E-state index in [1.54, 1.807) is 16.9 Å². The number of hydrogen-bond donors (Lipinski definition) is 2. The van der Waals surface area contributed by atoms with E-state index in [1.807, 2.05) is 19.9 Å². The summed E-state index contributed by atoms with van der Waals surface area (Å²) in [5.74, 6) is -3.32. The molecular weight excluding hydrogens is 496 g/mol. The molecule has 0 radical (unpaired) electrons. The van der Waals surface area contributed by atoms with Gasteiger partial charge in [0.25, 0.3) is 5.91 Å². The standard InChI is InChI=1S/C26H31F2N7O3/c1-25(2)11-17(23(36)32-25)9-14-10-19-30-18(13-35(19)29-12-14)20(16-5-7-26(27,28)8-6-16)31-24(37)22-21(15-3-4-15)33-38-34-22/h10,12-13,15-17,20H,3-9,11H2,1-2H3,(H,31,37)(H,32,36)/t17-,20-/m0/s1. The van der Waals surface area contributed by atoms with Crippen molar-refractivity contribution in [3.63, 3.8) is 0 Å². The molecule has 202 valence electrons. The Morgan fingerprint density at radius 2 is 2.00 bits per heavy atom. The van der Waals surface area contributed by atoms with Gasteiger partial charge in [0.15, 0.2) is 11.3 Å². The van der Waals surface area contributed by atoms with Gasteiger partial charge in [-0.05, 0) is 75.1 Å². The topological polar surface area (TPSA) is 127 Å². The number of imidazole rings is 1. The number of alkyl halides is 2. The highest BCUT2D eigenvalue weighted by Gasteiger charge is 2.41. The first-order valence-electron chi connectivity index (χ1n) is 13.2. The van der Waals surface area contributed by atoms with Crippen LogP contribution in [0.2, 0.25) is 0 Å². The second-order valence-electron chi connectivity index (χ2n) is 11.7. The van der Waals surface area contributed by atoms with Crippen molar-refractivity contribution < 1.29 is 23.0 Å². The fraction of sp³-hybridized carbons (Fsp3) is 0.615. The Morgan fingerprint density at radius 3 is 2.68 bits per heavy atom. The van der Waals surface area contributed by atoms with Crippen molar-refractivity contribution in [3.05, 3.63) is 41.1 Å². The van der Waals surface area contributed by atoms with Crippen LogP contribution < -0.4 is 10.6 Å². The summed E-state index contributed by atoms with van der Waals surface area (Å²) >= 11 is 0. The first-order chi connectivity index (χ1) is 18.1. The van der Waals surface area contributed by atoms with Crippen LogP contribution in [0.1, 0.15) is 98.2 Å². The maximum Gasteiger partial charge on any atom is 0.276 e. The van der Waals surface area contributed by atoms with Crippen LogP contribution in [0.15, 0.2) is 23.1 Å². The lowest BCUT2D eigenvalue weighted by Gasteiger charge is -2.33. The number of carbonyl (C=O) groups excluding carboxylic acids is 2. The first kappa shape index (κ1) is 24.9. The number of carbonyl (C=O) groups is 2. The van der Waals surface area contributed by atoms with Crippen molar-refractivity contribution in [2.24, 2.45) is 11.8 Å². The zero-order valence-corrected chi connectivity index (χ0v) is 21.4. The van der Waals surface area contributed by atoms with Gasteiger partial charge in [-0.1, -0.05) is 5.16 Å². The van der Waals surface area contributed by atoms with Gasteiger partial charge in [0.05, 0.1) is 24.1 Å². The Labute approximate surface area is 217 Å². The van der Waals surface area contributed by atoms with E-state index in [0.29, 0.717) is 23.5 Å². The molecule has 2 N–H and O–H groups in total. The van der Waals surface area contributed by atoms with Gasteiger partial charge in [-0.2, -0.15) is 5.10 Å². The summed E-state index contributed by atoms with van der Waals surface area (Å²) in [6.45, 7) is 4.01. The number of rotatable bonds is 7. The lowest BCUT2D eigenvalue weighted by molar-refractivity contribution is -0.122. The van der Waals surface area contributed by atoms with E-state index < -0.39 is 17.9 Å². The third-order valence-electron chi connectivity index (χ3n) is 8.00. The van der Waals surface area contributed by atoms with Gasteiger partial charge in [0.1, 0.15) is 5.69 Å². The van der Waals surface area contributed by atoms with Crippen LogP contribution in [0.5, 0.6) is 0 Å². The Morgan fingerprint density at radius 1 is 1.24 bits per heavy atom. The van der Waals surface area contributed by atoms with Crippen molar-refractivity contribution in [3.8, 4) is 0 Å². The highest BCUT2D eigenvalue weighted by Crippen LogP contribution is 2.42. The molecule has 10 nitrogen and oxygen atoms in total. The maximum atomic E-state index is 14.0. The lowest BCUT2D eigenvalue weighted by Crippen LogP contribution is -2.37. The molecular formula is C26H31F2N7O3. The molecule has 38 heavy (non-hydrogen) atoms. The van der Waals surface area contributed by atoms with Crippen molar-refractivity contribution >= 4 is 17.5 Å². The molecule has 2 atom stereocenters. The fourth-order valence-corrected chi connectivity index (χ4v) is 5.86. The van der Waals surface area contributed by atoms with Crippen molar-refractivity contribution in [1.82, 2.24) is 35.5 Å². The second-order valence-corrected chi connectivity index (χ2v) is 11.7. The van der Waals surface area contributed by atoms with Crippen LogP contribution in [0.25, 0.3) is 5.65 Å². The van der Waals surface area contributed by atoms with Crippen LogP contribution in [0.4, 0.5) is 8.78 Å². The molecule has 2 amide bonds. The van der Waals surface area contributed by atoms with Gasteiger partial charge in [0.2, 0.25) is 11.8 Å². The molecule has 0 spiro atoms. The van der Waals surface area contributed by atoms with Gasteiger partial charge < -0.3 is 10.6 Å². The highest BCUT2D eigenvalue weighted by atomic mass is 19.3. The van der Waals surface area contributed by atoms with Gasteiger partial charge in [-0.25, -0.2) is 22.9 Å². The van der Waals surface area contributed by atoms with Gasteiger partial charge in [-0.15, -0.1) is 0 Å². The Balaban J connectivity index is 1.26. The molecule has 4 heterocycles. The minimum atomic E-state index is -2.70. The summed E-state index contributed by atoms with van der Waals surface area (Å²) in [5, 5.41) is 18.2. The van der Waals surface area contributed by atoms with Crippen LogP contribution in [0, 0.1) is 11.8 Å². The number of nitrogens with one attached hydrogen (secondary N) is 2. The highest BCUT2D eigenvalue weighted by molar-refractivity contribution is 5.93. The third-order valence-corrected chi connectivity index (χ3v) is 8.00. The van der Waals surface area contributed by atoms with Crippen molar-refractivity contribution in [1.29, 1.82) is 0 Å². The normalized spacial score (nSPS) is 23.9. The van der Waals surface area contributed by atoms with E-state index in [0.717, 1.165) is 24.8 Å². The third kappa shape index (κ3) is 5.00. The predicted octanol–water partition coefficient (Wildman–Crippen LogP) is 3.74. The zero-order valence-electron chi connectivity index (χ0n) is 21.4. The molecule has 2 aliphatic carbocycles. The number of nitrogens with zero attached hydrogens (tertiary/aromatic N) is 5. The summed E-state index contributed by atoms with van der Waals surface area (Å²) in [4.78, 5) is 30.4. The monoisotopic (exact) mass is 527 g/mol. The van der Waals surface area contributed by atoms with Crippen molar-refractivity contribution in [2.45, 2.75) is 88.6 Å². The minimum absolute atomic E-state index is 0.0312. The Hall–Kier alpha value is -3.44. The summed E-state index contributed by atoms with van der Waals surface area (Å²) < 4.78 is 34.4. The molecule has 3 aliphatic rings. The summed E-state index contributed by atoms with van der Waals surface area (Å²) in [6.07, 6.45) is 6.61. The van der Waals surface area contributed by atoms with E-state index in [1.165, 1.54) is 0 Å². The summed E-state index contributed by atoms with van der Waals surface area (Å²) in [6, 6.07) is 1.28. The van der Waals surface area contributed by atoms with Crippen LogP contribution in [-0.4, -0.2) is 48.2 Å². The van der Waals surface area contributed by atoms with Crippen LogP contribution in [0.3, 0.4) is 0 Å². The van der Waals surface area contributed by atoms with E-state index in [4.69, 9.17) is 9.61 Å². The quantitative estimate of drug-likeness (QED) is 0.479. The first-order valence-corrected chi connectivity index (χ1v) is 13.2. The van der Waals surface area contributed by atoms with E-state index in [2.05, 4.69) is 26.0 Å². The Kier molecular flexibility index (Phi) is 5.95. The van der Waals surface area contributed by atoms with E-state index in [-0.39, 0.29) is 60.6 Å². The average molecular weight is 528 g/mol. The smallest absolute Gasteiger partial charge is 0.276 e. The maximum absolute atomic E-state index is 14.0. The number of halogens is 2. The molecule has 0 bridgehead atoms. The number of hydrogen-bond acceptors (Lipinski definition) is 7. The molecule has 0 aromatic carbocycles. The minimum Gasteiger partial charge on any atom is -0.351 e. The van der Waals surface area contributed by atoms with Crippen LogP contribution in [-0.2, 0) is 11.2 Å². The summed E-state index contributed by atoms with van der Waals surface area (Å²) in [5.41, 5.74) is 2.44. The molecule has 12 heteroatoms. The van der Waals surface area contributed by atoms with Crippen molar-refractivity contribution in [2.75, 3.05) is 0 Å². The molecule has 3 aromatic heterocycles. The van der Waals surface area contributed by atoms with Gasteiger partial charge >= 0.3 is 0 Å². The fourth-order valence-electron chi connectivity index (χ4n) is 5.86. The average Bonchev–Trinajstić information content (AvgIpc) is 3.31. The Bertz CT molecular complexity index is 1370. The molecule has 2 saturated carbocycles. The number of fused-ring (bicyclic) bond motifs is 1. The lowest BCUT2D eigenvalue weighted by atomic mass is 9.81. The van der Waals surface area contributed by atoms with Gasteiger partial charge in [0, 0.05) is 30.2 Å². The molecule has 3 aromatic rings. The zero-order chi connectivity index (χ0) is 26.7. The van der Waals surface area contributed by atoms with Gasteiger partial charge in [-0.3, -0.25) is 9.59 Å². The van der Waals surface area contributed by atoms with Crippen LogP contribution >= 0.6 is 0 Å². The number of amides is 2. The SMILES string of the molecule is CC1(C)C[C@H](Cc2cnn3cc([C@@H](NC(=O)c4nonc4C4CC4)C4CCC(F)(F)CC4)nc3c2)C(=O)N1. The number of aromatic nitrogens is 5. The molecule has 6 rings (SSSR count). The molecule has 1 saturated heterocycles. The molecule has 1 aliphatic heterocycles. The summed E-state index contributed by atoms with van der Waals surface area (Å²) in [7, 11) is 0. The van der Waals surface area contributed by atoms with E-state index >= 15 is 0 Å². The molecule has 0 unspecified atom stereocenters. The second kappa shape index (κ2) is 9.09. The predicted molar refractivity (Wildman–Crippen MR) is 130 cm³/mol. The van der Waals surface area contributed by atoms with E-state index in [9.17, 15) is 18.4 Å². The molecule has 3 fully saturated rings.